The van der Waals surface area contributed by atoms with Crippen LogP contribution >= 0.6 is 0 Å². The molecule has 0 fully saturated rings. The molecule has 7 rings (SSSR count). The van der Waals surface area contributed by atoms with Gasteiger partial charge in [0, 0.05) is 50.2 Å². The zero-order chi connectivity index (χ0) is 34.3. The molecule has 1 heterocycles. The maximum Gasteiger partial charge on any atom is 0.403 e. The zero-order valence-corrected chi connectivity index (χ0v) is 28.1. The van der Waals surface area contributed by atoms with E-state index < -0.39 is 29.2 Å². The summed E-state index contributed by atoms with van der Waals surface area (Å²) in [4.78, 5) is 14.5. The van der Waals surface area contributed by atoms with Gasteiger partial charge in [-0.3, -0.25) is 9.78 Å². The normalized spacial score (nSPS) is 11.8. The Morgan fingerprint density at radius 1 is 0.755 bits per heavy atom. The van der Waals surface area contributed by atoms with Gasteiger partial charge < -0.3 is 5.11 Å². The van der Waals surface area contributed by atoms with Crippen molar-refractivity contribution in [3.8, 4) is 22.4 Å². The zero-order valence-electron chi connectivity index (χ0n) is 25.7. The number of aliphatic hydroxyl groups is 1. The second kappa shape index (κ2) is 13.8. The third-order valence-corrected chi connectivity index (χ3v) is 7.80. The predicted molar refractivity (Wildman–Crippen MR) is 176 cm³/mol. The Morgan fingerprint density at radius 2 is 1.37 bits per heavy atom. The number of hydrogen-bond acceptors (Lipinski definition) is 3. The number of carbonyl (C=O) groups is 1. The Hall–Kier alpha value is -5.05. The van der Waals surface area contributed by atoms with Crippen LogP contribution in [0.15, 0.2) is 109 Å². The molecule has 0 spiro atoms. The van der Waals surface area contributed by atoms with Crippen LogP contribution in [0.5, 0.6) is 0 Å². The van der Waals surface area contributed by atoms with Gasteiger partial charge in [0.1, 0.15) is 17.5 Å². The van der Waals surface area contributed by atoms with Gasteiger partial charge in [-0.1, -0.05) is 65.5 Å². The van der Waals surface area contributed by atoms with Crippen LogP contribution in [0, 0.1) is 23.5 Å². The molecule has 49 heavy (non-hydrogen) atoms. The standard InChI is InChI=1S/C34H16F6N.C5H8O2.Ir/c35-22-16-30(36)32(31(37)17-22)20-6-7-23-19(13-20)5-8-26-25(23)9-10-28-27(26)11-12-41-33(28)21-14-18-3-1-2-4-24(18)29(15-21)34(38,39)40;1-4(6)3-5(2)7;/h1-13,15-17H;3,6H,1-2H3;/q-1;;/b;4-3-;. The molecule has 0 saturated carbocycles. The van der Waals surface area contributed by atoms with Crippen molar-refractivity contribution >= 4 is 48.9 Å². The monoisotopic (exact) mass is 845 g/mol. The summed E-state index contributed by atoms with van der Waals surface area (Å²) in [5.41, 5.74) is -0.190. The van der Waals surface area contributed by atoms with Gasteiger partial charge in [0.2, 0.25) is 0 Å². The molecule has 6 aromatic carbocycles. The van der Waals surface area contributed by atoms with Crippen LogP contribution < -0.4 is 0 Å². The number of aromatic nitrogens is 1. The summed E-state index contributed by atoms with van der Waals surface area (Å²) in [6, 6.07) is 25.8. The Labute approximate surface area is 289 Å². The average molecular weight is 845 g/mol. The topological polar surface area (TPSA) is 50.2 Å². The molecule has 0 atom stereocenters. The molecule has 1 radical (unpaired) electrons. The fraction of sp³-hybridized carbons (Fsp3) is 0.0769. The number of aliphatic hydroxyl groups excluding tert-OH is 1. The molecule has 0 amide bonds. The van der Waals surface area contributed by atoms with Crippen molar-refractivity contribution in [3.63, 3.8) is 0 Å². The Morgan fingerprint density at radius 3 is 2.02 bits per heavy atom. The van der Waals surface area contributed by atoms with Crippen LogP contribution in [-0.2, 0) is 31.1 Å². The van der Waals surface area contributed by atoms with Crippen LogP contribution in [0.3, 0.4) is 0 Å². The first-order chi connectivity index (χ1) is 22.8. The molecule has 0 unspecified atom stereocenters. The molecular weight excluding hydrogens is 821 g/mol. The van der Waals surface area contributed by atoms with E-state index in [9.17, 15) is 31.1 Å². The summed E-state index contributed by atoms with van der Waals surface area (Å²) in [6.07, 6.45) is -1.83. The van der Waals surface area contributed by atoms with Gasteiger partial charge in [-0.2, -0.15) is 13.2 Å². The Kier molecular flexibility index (Phi) is 9.95. The van der Waals surface area contributed by atoms with Crippen molar-refractivity contribution in [3.05, 3.63) is 138 Å². The first-order valence-corrected chi connectivity index (χ1v) is 14.6. The number of benzene rings is 6. The quantitative estimate of drug-likeness (QED) is 0.0634. The second-order valence-corrected chi connectivity index (χ2v) is 11.2. The van der Waals surface area contributed by atoms with Gasteiger partial charge in [0.15, 0.2) is 5.78 Å². The fourth-order valence-electron chi connectivity index (χ4n) is 5.89. The van der Waals surface area contributed by atoms with E-state index in [4.69, 9.17) is 5.11 Å². The van der Waals surface area contributed by atoms with Gasteiger partial charge in [-0.25, -0.2) is 13.2 Å². The van der Waals surface area contributed by atoms with Crippen LogP contribution in [0.2, 0.25) is 0 Å². The van der Waals surface area contributed by atoms with Crippen molar-refractivity contribution in [1.82, 2.24) is 4.98 Å². The molecule has 1 N–H and O–H groups in total. The van der Waals surface area contributed by atoms with Gasteiger partial charge in [0.25, 0.3) is 0 Å². The van der Waals surface area contributed by atoms with Gasteiger partial charge in [0.05, 0.1) is 11.3 Å². The minimum absolute atomic E-state index is 0. The van der Waals surface area contributed by atoms with E-state index in [0.29, 0.717) is 34.0 Å². The van der Waals surface area contributed by atoms with Gasteiger partial charge in [-0.05, 0) is 69.4 Å². The maximum atomic E-state index is 14.4. The number of ketones is 1. The summed E-state index contributed by atoms with van der Waals surface area (Å²) in [6.45, 7) is 2.85. The molecule has 1 aromatic heterocycles. The minimum atomic E-state index is -4.56. The van der Waals surface area contributed by atoms with Crippen molar-refractivity contribution in [2.24, 2.45) is 0 Å². The van der Waals surface area contributed by atoms with Crippen molar-refractivity contribution in [1.29, 1.82) is 0 Å². The van der Waals surface area contributed by atoms with E-state index >= 15 is 0 Å². The summed E-state index contributed by atoms with van der Waals surface area (Å²) in [5, 5.41) is 13.4. The predicted octanol–water partition coefficient (Wildman–Crippen LogP) is 11.3. The molecule has 0 saturated heterocycles. The second-order valence-electron chi connectivity index (χ2n) is 11.2. The first kappa shape index (κ1) is 35.3. The molecule has 249 valence electrons. The fourth-order valence-corrected chi connectivity index (χ4v) is 5.89. The summed E-state index contributed by atoms with van der Waals surface area (Å²) < 4.78 is 84.2. The smallest absolute Gasteiger partial charge is 0.403 e. The third kappa shape index (κ3) is 7.07. The maximum absolute atomic E-state index is 14.4. The van der Waals surface area contributed by atoms with Gasteiger partial charge >= 0.3 is 6.18 Å². The summed E-state index contributed by atoms with van der Waals surface area (Å²) >= 11 is 0. The average Bonchev–Trinajstić information content (AvgIpc) is 3.02. The largest absolute Gasteiger partial charge is 0.512 e. The number of nitrogens with zero attached hydrogens (tertiary/aromatic N) is 1. The number of alkyl halides is 3. The van der Waals surface area contributed by atoms with E-state index in [1.165, 1.54) is 26.0 Å². The van der Waals surface area contributed by atoms with E-state index in [1.807, 2.05) is 24.3 Å². The molecule has 0 aliphatic heterocycles. The number of allylic oxidation sites excluding steroid dienone is 2. The number of rotatable bonds is 3. The van der Waals surface area contributed by atoms with Crippen molar-refractivity contribution in [2.75, 3.05) is 0 Å². The number of pyridine rings is 1. The Bertz CT molecular complexity index is 2410. The van der Waals surface area contributed by atoms with Gasteiger partial charge in [-0.15, -0.1) is 23.6 Å². The van der Waals surface area contributed by atoms with Crippen LogP contribution in [0.1, 0.15) is 19.4 Å². The first-order valence-electron chi connectivity index (χ1n) is 14.6. The van der Waals surface area contributed by atoms with Crippen LogP contribution in [0.25, 0.3) is 65.5 Å². The van der Waals surface area contributed by atoms with E-state index in [2.05, 4.69) is 11.1 Å². The summed E-state index contributed by atoms with van der Waals surface area (Å²) in [5.74, 6) is -3.04. The van der Waals surface area contributed by atoms with Crippen LogP contribution in [-0.4, -0.2) is 15.9 Å². The molecule has 0 bridgehead atoms. The molecule has 0 aliphatic carbocycles. The van der Waals surface area contributed by atoms with E-state index in [1.54, 1.807) is 48.7 Å². The minimum Gasteiger partial charge on any atom is -0.512 e. The third-order valence-electron chi connectivity index (χ3n) is 7.80. The molecular formula is C39H24F6IrNO2-. The number of hydrogen-bond donors (Lipinski definition) is 1. The van der Waals surface area contributed by atoms with Crippen molar-refractivity contribution < 1.29 is 56.3 Å². The summed E-state index contributed by atoms with van der Waals surface area (Å²) in [7, 11) is 0. The van der Waals surface area contributed by atoms with Crippen LogP contribution in [0.4, 0.5) is 26.3 Å². The number of carbonyl (C=O) groups excluding carboxylic acids is 1. The number of halogens is 6. The van der Waals surface area contributed by atoms with E-state index in [-0.39, 0.29) is 53.7 Å². The Balaban J connectivity index is 0.000000532. The SMILES string of the molecule is CC(=O)/C=C(/C)O.Fc1cc(F)c(-c2ccc3c(ccc4c5ccnc(-c6[c-]c7ccccc7c(C(F)(F)F)c6)c5ccc34)c2)c(F)c1.[Ir]. The van der Waals surface area contributed by atoms with Crippen molar-refractivity contribution in [2.45, 2.75) is 20.0 Å². The molecule has 10 heteroatoms. The number of fused-ring (bicyclic) bond motifs is 6. The van der Waals surface area contributed by atoms with E-state index in [0.717, 1.165) is 27.6 Å². The molecule has 7 aromatic rings. The molecule has 3 nitrogen and oxygen atoms in total. The molecule has 0 aliphatic rings.